The average Bonchev–Trinajstić information content (AvgIpc) is 2.64. The van der Waals surface area contributed by atoms with E-state index in [-0.39, 0.29) is 12.0 Å². The summed E-state index contributed by atoms with van der Waals surface area (Å²) in [6, 6.07) is 10.6. The third kappa shape index (κ3) is 4.56. The highest BCUT2D eigenvalue weighted by molar-refractivity contribution is 5.78. The number of carbonyl (C=O) groups excluding carboxylic acids is 1. The van der Waals surface area contributed by atoms with Crippen LogP contribution < -0.4 is 0 Å². The van der Waals surface area contributed by atoms with Crippen LogP contribution in [0, 0.1) is 5.92 Å². The van der Waals surface area contributed by atoms with E-state index in [9.17, 15) is 4.79 Å². The third-order valence-corrected chi connectivity index (χ3v) is 5.15. The Morgan fingerprint density at radius 1 is 1.21 bits per heavy atom. The number of likely N-dealkylation sites (tertiary alicyclic amines) is 1. The number of ether oxygens (including phenoxy) is 2. The van der Waals surface area contributed by atoms with Gasteiger partial charge < -0.3 is 14.4 Å². The van der Waals surface area contributed by atoms with E-state index in [2.05, 4.69) is 35.2 Å². The Hall–Kier alpha value is -1.43. The van der Waals surface area contributed by atoms with Crippen molar-refractivity contribution in [2.45, 2.75) is 18.9 Å². The fraction of sp³-hybridized carbons (Fsp3) is 0.632. The highest BCUT2D eigenvalue weighted by Gasteiger charge is 2.31. The predicted octanol–water partition coefficient (Wildman–Crippen LogP) is 1.42. The molecule has 2 aliphatic rings. The number of nitrogens with zero attached hydrogens (tertiary/aromatic N) is 2. The lowest BCUT2D eigenvalue weighted by molar-refractivity contribution is -0.137. The Kier molecular flexibility index (Phi) is 6.24. The van der Waals surface area contributed by atoms with Gasteiger partial charge in [-0.3, -0.25) is 9.69 Å². The van der Waals surface area contributed by atoms with Crippen LogP contribution in [0.2, 0.25) is 0 Å². The number of amides is 1. The summed E-state index contributed by atoms with van der Waals surface area (Å²) in [5, 5.41) is 0. The Morgan fingerprint density at radius 3 is 2.67 bits per heavy atom. The van der Waals surface area contributed by atoms with E-state index in [1.165, 1.54) is 5.56 Å². The standard InChI is InChI=1S/C19H28N2O3/c1-23-18-14-20(15-19(22)21-9-11-24-12-10-21)8-7-17(18)13-16-5-3-2-4-6-16/h2-6,17-18H,7-15H2,1H3/t17-,18-/m1/s1. The highest BCUT2D eigenvalue weighted by atomic mass is 16.5. The van der Waals surface area contributed by atoms with Crippen molar-refractivity contribution in [2.75, 3.05) is 53.0 Å². The lowest BCUT2D eigenvalue weighted by Crippen LogP contribution is -2.51. The first-order valence-electron chi connectivity index (χ1n) is 8.91. The quantitative estimate of drug-likeness (QED) is 0.818. The molecule has 0 aromatic heterocycles. The Morgan fingerprint density at radius 2 is 1.96 bits per heavy atom. The van der Waals surface area contributed by atoms with Gasteiger partial charge in [0, 0.05) is 26.7 Å². The summed E-state index contributed by atoms with van der Waals surface area (Å²) in [7, 11) is 1.79. The van der Waals surface area contributed by atoms with Gasteiger partial charge in [0.25, 0.3) is 0 Å². The van der Waals surface area contributed by atoms with Gasteiger partial charge in [-0.05, 0) is 30.9 Å². The van der Waals surface area contributed by atoms with Crippen molar-refractivity contribution >= 4 is 5.91 Å². The minimum absolute atomic E-state index is 0.191. The molecule has 0 aliphatic carbocycles. The molecule has 1 aromatic rings. The van der Waals surface area contributed by atoms with E-state index >= 15 is 0 Å². The number of hydrogen-bond acceptors (Lipinski definition) is 4. The van der Waals surface area contributed by atoms with E-state index in [1.807, 2.05) is 4.90 Å². The number of carbonyl (C=O) groups is 1. The van der Waals surface area contributed by atoms with Gasteiger partial charge in [0.15, 0.2) is 0 Å². The van der Waals surface area contributed by atoms with Gasteiger partial charge in [-0.2, -0.15) is 0 Å². The van der Waals surface area contributed by atoms with Crippen LogP contribution in [-0.2, 0) is 20.7 Å². The van der Waals surface area contributed by atoms with Crippen molar-refractivity contribution in [1.82, 2.24) is 9.80 Å². The van der Waals surface area contributed by atoms with Gasteiger partial charge in [-0.1, -0.05) is 30.3 Å². The van der Waals surface area contributed by atoms with E-state index in [0.717, 1.165) is 39.0 Å². The molecular weight excluding hydrogens is 304 g/mol. The Labute approximate surface area is 144 Å². The maximum absolute atomic E-state index is 12.4. The Balaban J connectivity index is 1.51. The van der Waals surface area contributed by atoms with Crippen LogP contribution in [0.25, 0.3) is 0 Å². The summed E-state index contributed by atoms with van der Waals surface area (Å²) < 4.78 is 11.1. The minimum atomic E-state index is 0.191. The van der Waals surface area contributed by atoms with E-state index in [1.54, 1.807) is 7.11 Å². The number of methoxy groups -OCH3 is 1. The van der Waals surface area contributed by atoms with Gasteiger partial charge in [-0.15, -0.1) is 0 Å². The third-order valence-electron chi connectivity index (χ3n) is 5.15. The van der Waals surface area contributed by atoms with Crippen LogP contribution in [0.3, 0.4) is 0 Å². The van der Waals surface area contributed by atoms with Gasteiger partial charge in [0.05, 0.1) is 25.9 Å². The molecular formula is C19H28N2O3. The van der Waals surface area contributed by atoms with E-state index in [4.69, 9.17) is 9.47 Å². The van der Waals surface area contributed by atoms with Crippen LogP contribution in [0.1, 0.15) is 12.0 Å². The maximum Gasteiger partial charge on any atom is 0.236 e. The molecule has 132 valence electrons. The summed E-state index contributed by atoms with van der Waals surface area (Å²) in [6.07, 6.45) is 2.31. The summed E-state index contributed by atoms with van der Waals surface area (Å²) in [6.45, 7) is 5.06. The number of hydrogen-bond donors (Lipinski definition) is 0. The second-order valence-corrected chi connectivity index (χ2v) is 6.74. The molecule has 5 heteroatoms. The fourth-order valence-corrected chi connectivity index (χ4v) is 3.69. The first kappa shape index (κ1) is 17.4. The molecule has 0 saturated carbocycles. The molecule has 2 atom stereocenters. The number of morpholine rings is 1. The van der Waals surface area contributed by atoms with Crippen molar-refractivity contribution in [3.63, 3.8) is 0 Å². The van der Waals surface area contributed by atoms with E-state index in [0.29, 0.717) is 25.7 Å². The highest BCUT2D eigenvalue weighted by Crippen LogP contribution is 2.24. The number of benzene rings is 1. The summed E-state index contributed by atoms with van der Waals surface area (Å²) in [4.78, 5) is 16.6. The smallest absolute Gasteiger partial charge is 0.236 e. The monoisotopic (exact) mass is 332 g/mol. The molecule has 0 radical (unpaired) electrons. The molecule has 0 N–H and O–H groups in total. The van der Waals surface area contributed by atoms with Crippen LogP contribution in [0.15, 0.2) is 30.3 Å². The van der Waals surface area contributed by atoms with Crippen LogP contribution in [0.4, 0.5) is 0 Å². The van der Waals surface area contributed by atoms with Crippen molar-refractivity contribution in [3.8, 4) is 0 Å². The van der Waals surface area contributed by atoms with Gasteiger partial charge in [0.2, 0.25) is 5.91 Å². The number of piperidine rings is 1. The topological polar surface area (TPSA) is 42.0 Å². The van der Waals surface area contributed by atoms with Crippen LogP contribution in [-0.4, -0.2) is 74.9 Å². The van der Waals surface area contributed by atoms with Gasteiger partial charge in [-0.25, -0.2) is 0 Å². The SMILES string of the molecule is CO[C@@H]1CN(CC(=O)N2CCOCC2)CC[C@@H]1Cc1ccccc1. The molecule has 24 heavy (non-hydrogen) atoms. The summed E-state index contributed by atoms with van der Waals surface area (Å²) in [5.74, 6) is 0.738. The average molecular weight is 332 g/mol. The van der Waals surface area contributed by atoms with Crippen molar-refractivity contribution in [2.24, 2.45) is 5.92 Å². The predicted molar refractivity (Wildman–Crippen MR) is 92.9 cm³/mol. The lowest BCUT2D eigenvalue weighted by Gasteiger charge is -2.38. The molecule has 2 aliphatic heterocycles. The second kappa shape index (κ2) is 8.60. The zero-order valence-electron chi connectivity index (χ0n) is 14.5. The van der Waals surface area contributed by atoms with Crippen LogP contribution >= 0.6 is 0 Å². The molecule has 2 saturated heterocycles. The molecule has 0 bridgehead atoms. The van der Waals surface area contributed by atoms with E-state index < -0.39 is 0 Å². The van der Waals surface area contributed by atoms with Crippen molar-refractivity contribution < 1.29 is 14.3 Å². The Bertz CT molecular complexity index is 517. The zero-order chi connectivity index (χ0) is 16.8. The molecule has 0 spiro atoms. The molecule has 3 rings (SSSR count). The fourth-order valence-electron chi connectivity index (χ4n) is 3.69. The maximum atomic E-state index is 12.4. The molecule has 2 heterocycles. The molecule has 0 unspecified atom stereocenters. The normalized spacial score (nSPS) is 25.6. The second-order valence-electron chi connectivity index (χ2n) is 6.74. The number of rotatable bonds is 5. The minimum Gasteiger partial charge on any atom is -0.380 e. The van der Waals surface area contributed by atoms with Crippen molar-refractivity contribution in [3.05, 3.63) is 35.9 Å². The van der Waals surface area contributed by atoms with Crippen molar-refractivity contribution in [1.29, 1.82) is 0 Å². The van der Waals surface area contributed by atoms with Gasteiger partial charge in [0.1, 0.15) is 0 Å². The first-order valence-corrected chi connectivity index (χ1v) is 8.91. The zero-order valence-corrected chi connectivity index (χ0v) is 14.5. The molecule has 2 fully saturated rings. The molecule has 1 aromatic carbocycles. The molecule has 1 amide bonds. The summed E-state index contributed by atoms with van der Waals surface area (Å²) in [5.41, 5.74) is 1.36. The van der Waals surface area contributed by atoms with Gasteiger partial charge >= 0.3 is 0 Å². The van der Waals surface area contributed by atoms with Crippen LogP contribution in [0.5, 0.6) is 0 Å². The summed E-state index contributed by atoms with van der Waals surface area (Å²) >= 11 is 0. The first-order chi connectivity index (χ1) is 11.8. The largest absolute Gasteiger partial charge is 0.380 e. The lowest BCUT2D eigenvalue weighted by atomic mass is 9.87. The molecule has 5 nitrogen and oxygen atoms in total.